The quantitative estimate of drug-likeness (QED) is 0.592. The fraction of sp³-hybridized carbons (Fsp3) is 0.318. The van der Waals surface area contributed by atoms with Crippen LogP contribution >= 0.6 is 0 Å². The van der Waals surface area contributed by atoms with Crippen LogP contribution in [0.1, 0.15) is 47.7 Å². The normalized spacial score (nSPS) is 22.4. The van der Waals surface area contributed by atoms with Crippen molar-refractivity contribution in [3.8, 4) is 0 Å². The monoisotopic (exact) mass is 402 g/mol. The van der Waals surface area contributed by atoms with Crippen LogP contribution in [0.2, 0.25) is 0 Å². The number of quaternary nitrogens is 1. The van der Waals surface area contributed by atoms with Crippen molar-refractivity contribution in [1.29, 1.82) is 0 Å². The molecule has 6 rings (SSSR count). The Morgan fingerprint density at radius 1 is 1.20 bits per heavy atom. The molecule has 2 fully saturated rings. The van der Waals surface area contributed by atoms with Crippen molar-refractivity contribution < 1.29 is 9.69 Å². The third kappa shape index (κ3) is 3.39. The second-order valence-electron chi connectivity index (χ2n) is 8.38. The third-order valence-electron chi connectivity index (χ3n) is 5.91. The number of nitrogens with one attached hydrogen (secondary N) is 4. The lowest BCUT2D eigenvalue weighted by Crippen LogP contribution is -3.10. The van der Waals surface area contributed by atoms with E-state index in [0.29, 0.717) is 24.1 Å². The number of nitrogens with zero attached hydrogens (tertiary/aromatic N) is 3. The standard InChI is InChI=1S/C22H23N7O/c30-22(24-16-6-7-16)15-2-1-3-17(10-15)28-12-20-23-8-9-29(20)21(13-28)25-19-11-18(26-27-19)14-4-5-14/h1-3,8-11,13-14,16H,4-7,12H2,(H,24,30)(H2,25,26,27)/p+1. The van der Waals surface area contributed by atoms with E-state index in [1.165, 1.54) is 18.5 Å². The summed E-state index contributed by atoms with van der Waals surface area (Å²) in [5.41, 5.74) is 2.85. The zero-order chi connectivity index (χ0) is 20.1. The van der Waals surface area contributed by atoms with Gasteiger partial charge in [0.1, 0.15) is 12.7 Å². The number of carbonyl (C=O) groups is 1. The fourth-order valence-corrected chi connectivity index (χ4v) is 3.90. The molecule has 1 atom stereocenters. The number of aromatic nitrogens is 2. The van der Waals surface area contributed by atoms with E-state index in [0.717, 1.165) is 40.9 Å². The summed E-state index contributed by atoms with van der Waals surface area (Å²) >= 11 is 0. The van der Waals surface area contributed by atoms with Gasteiger partial charge in [-0.1, -0.05) is 6.07 Å². The van der Waals surface area contributed by atoms with Crippen molar-refractivity contribution in [2.75, 3.05) is 16.8 Å². The number of amides is 1. The van der Waals surface area contributed by atoms with E-state index in [-0.39, 0.29) is 5.91 Å². The molecule has 3 heterocycles. The number of carbonyl (C=O) groups excluding carboxylic acids is 1. The minimum absolute atomic E-state index is 0.00468. The second-order valence-corrected chi connectivity index (χ2v) is 8.38. The number of aromatic amines is 1. The minimum atomic E-state index is -0.00468. The Balaban J connectivity index is 1.27. The average Bonchev–Trinajstić information content (AvgIpc) is 3.68. The summed E-state index contributed by atoms with van der Waals surface area (Å²) in [6.45, 7) is 0.662. The second kappa shape index (κ2) is 6.84. The van der Waals surface area contributed by atoms with Crippen LogP contribution in [0.25, 0.3) is 0 Å². The summed E-state index contributed by atoms with van der Waals surface area (Å²) in [4.78, 5) is 20.2. The molecule has 0 saturated heterocycles. The van der Waals surface area contributed by atoms with Gasteiger partial charge in [-0.2, -0.15) is 5.10 Å². The maximum Gasteiger partial charge on any atom is 0.251 e. The van der Waals surface area contributed by atoms with E-state index in [4.69, 9.17) is 0 Å². The molecular formula is C22H24N7O+. The van der Waals surface area contributed by atoms with Crippen molar-refractivity contribution in [1.82, 2.24) is 15.5 Å². The number of anilines is 2. The van der Waals surface area contributed by atoms with E-state index in [2.05, 4.69) is 43.0 Å². The molecule has 2 saturated carbocycles. The first-order valence-electron chi connectivity index (χ1n) is 10.6. The molecule has 0 bridgehead atoms. The Morgan fingerprint density at radius 3 is 2.93 bits per heavy atom. The molecule has 8 nitrogen and oxygen atoms in total. The van der Waals surface area contributed by atoms with E-state index < -0.39 is 0 Å². The Hall–Kier alpha value is -3.39. The van der Waals surface area contributed by atoms with Crippen LogP contribution < -0.4 is 20.4 Å². The van der Waals surface area contributed by atoms with Crippen LogP contribution in [0.5, 0.6) is 0 Å². The summed E-state index contributed by atoms with van der Waals surface area (Å²) in [5, 5.41) is 14.1. The Bertz CT molecular complexity index is 1090. The summed E-state index contributed by atoms with van der Waals surface area (Å²) in [5.74, 6) is 3.40. The lowest BCUT2D eigenvalue weighted by atomic mass is 10.1. The first-order valence-corrected chi connectivity index (χ1v) is 10.6. The Labute approximate surface area is 174 Å². The van der Waals surface area contributed by atoms with Crippen molar-refractivity contribution in [3.63, 3.8) is 0 Å². The topological polar surface area (TPSA) is 89.9 Å². The van der Waals surface area contributed by atoms with Gasteiger partial charge in [0, 0.05) is 35.0 Å². The highest BCUT2D eigenvalue weighted by Crippen LogP contribution is 2.39. The molecular weight excluding hydrogens is 378 g/mol. The number of aliphatic imine (C=N–C) groups is 1. The zero-order valence-corrected chi connectivity index (χ0v) is 16.6. The third-order valence-corrected chi connectivity index (χ3v) is 5.91. The number of benzene rings is 1. The number of hydrogen-bond acceptors (Lipinski definition) is 5. The van der Waals surface area contributed by atoms with Crippen molar-refractivity contribution in [2.24, 2.45) is 4.99 Å². The lowest BCUT2D eigenvalue weighted by molar-refractivity contribution is -0.698. The largest absolute Gasteiger partial charge is 0.349 e. The van der Waals surface area contributed by atoms with Gasteiger partial charge in [-0.15, -0.1) is 0 Å². The number of rotatable bonds is 6. The summed E-state index contributed by atoms with van der Waals surface area (Å²) < 4.78 is 0. The first-order chi connectivity index (χ1) is 14.7. The Kier molecular flexibility index (Phi) is 3.98. The maximum absolute atomic E-state index is 12.5. The van der Waals surface area contributed by atoms with Gasteiger partial charge in [-0.25, -0.2) is 9.89 Å². The summed E-state index contributed by atoms with van der Waals surface area (Å²) in [7, 11) is 0. The number of H-pyrrole nitrogens is 1. The molecule has 2 aromatic rings. The highest BCUT2D eigenvalue weighted by Gasteiger charge is 2.33. The summed E-state index contributed by atoms with van der Waals surface area (Å²) in [6.07, 6.45) is 10.6. The van der Waals surface area contributed by atoms with Gasteiger partial charge in [0.15, 0.2) is 5.82 Å². The predicted molar refractivity (Wildman–Crippen MR) is 114 cm³/mol. The zero-order valence-electron chi connectivity index (χ0n) is 16.6. The van der Waals surface area contributed by atoms with Crippen LogP contribution in [0.15, 0.2) is 59.7 Å². The van der Waals surface area contributed by atoms with E-state index in [1.54, 1.807) is 0 Å². The minimum Gasteiger partial charge on any atom is -0.349 e. The predicted octanol–water partition coefficient (Wildman–Crippen LogP) is 1.68. The van der Waals surface area contributed by atoms with Gasteiger partial charge >= 0.3 is 0 Å². The molecule has 0 radical (unpaired) electrons. The van der Waals surface area contributed by atoms with Crippen LogP contribution in [-0.4, -0.2) is 34.5 Å². The van der Waals surface area contributed by atoms with Crippen LogP contribution in [-0.2, 0) is 0 Å². The first kappa shape index (κ1) is 17.5. The molecule has 30 heavy (non-hydrogen) atoms. The SMILES string of the molecule is O=C(NC1CC1)c1cccc(N2C=C(Nc3cc(C4CC4)[nH]n3)[NH+]3C=CN=C3C2)c1. The summed E-state index contributed by atoms with van der Waals surface area (Å²) in [6, 6.07) is 10.2. The van der Waals surface area contributed by atoms with E-state index in [9.17, 15) is 4.79 Å². The highest BCUT2D eigenvalue weighted by molar-refractivity contribution is 5.96. The van der Waals surface area contributed by atoms with Gasteiger partial charge in [0.05, 0.1) is 12.4 Å². The molecule has 4 N–H and O–H groups in total. The molecule has 0 spiro atoms. The molecule has 1 aromatic heterocycles. The van der Waals surface area contributed by atoms with E-state index >= 15 is 0 Å². The lowest BCUT2D eigenvalue weighted by Gasteiger charge is -2.29. The molecule has 4 aliphatic rings. The highest BCUT2D eigenvalue weighted by atomic mass is 16.1. The van der Waals surface area contributed by atoms with Crippen molar-refractivity contribution in [2.45, 2.75) is 37.6 Å². The Morgan fingerprint density at radius 2 is 2.10 bits per heavy atom. The number of hydrogen-bond donors (Lipinski definition) is 4. The van der Waals surface area contributed by atoms with Gasteiger partial charge < -0.3 is 10.2 Å². The van der Waals surface area contributed by atoms with Crippen LogP contribution in [0.3, 0.4) is 0 Å². The molecule has 2 aliphatic carbocycles. The van der Waals surface area contributed by atoms with Gasteiger partial charge in [-0.3, -0.25) is 15.2 Å². The molecule has 1 unspecified atom stereocenters. The number of amidine groups is 1. The maximum atomic E-state index is 12.5. The molecule has 1 aromatic carbocycles. The molecule has 2 aliphatic heterocycles. The van der Waals surface area contributed by atoms with E-state index in [1.807, 2.05) is 36.7 Å². The number of fused-ring (bicyclic) bond motifs is 1. The molecule has 1 amide bonds. The van der Waals surface area contributed by atoms with Gasteiger partial charge in [0.25, 0.3) is 5.91 Å². The van der Waals surface area contributed by atoms with Crippen molar-refractivity contribution in [3.05, 3.63) is 66.0 Å². The van der Waals surface area contributed by atoms with Gasteiger partial charge in [-0.05, 0) is 43.9 Å². The van der Waals surface area contributed by atoms with Crippen LogP contribution in [0.4, 0.5) is 11.5 Å². The fourth-order valence-electron chi connectivity index (χ4n) is 3.90. The smallest absolute Gasteiger partial charge is 0.251 e. The molecule has 8 heteroatoms. The van der Waals surface area contributed by atoms with Crippen LogP contribution in [0, 0.1) is 0 Å². The average molecular weight is 402 g/mol. The molecule has 152 valence electrons. The van der Waals surface area contributed by atoms with Gasteiger partial charge in [0.2, 0.25) is 11.7 Å². The van der Waals surface area contributed by atoms with Crippen molar-refractivity contribution >= 4 is 23.2 Å².